The first-order valence-electron chi connectivity index (χ1n) is 15.4. The molecule has 214 valence electrons. The summed E-state index contributed by atoms with van der Waals surface area (Å²) >= 11 is 1.66. The summed E-state index contributed by atoms with van der Waals surface area (Å²) in [5, 5.41) is 11.9. The molecule has 2 spiro atoms. The average Bonchev–Trinajstić information content (AvgIpc) is 3.78. The van der Waals surface area contributed by atoms with Crippen molar-refractivity contribution in [2.45, 2.75) is 112 Å². The zero-order valence-electron chi connectivity index (χ0n) is 24.0. The minimum atomic E-state index is -0.592. The van der Waals surface area contributed by atoms with E-state index in [1.165, 1.54) is 38.8 Å². The first-order chi connectivity index (χ1) is 19.5. The lowest BCUT2D eigenvalue weighted by molar-refractivity contribution is -0.235. The van der Waals surface area contributed by atoms with E-state index in [1.807, 2.05) is 0 Å². The Kier molecular flexibility index (Phi) is 5.94. The molecule has 1 unspecified atom stereocenters. The van der Waals surface area contributed by atoms with Crippen molar-refractivity contribution in [2.75, 3.05) is 32.6 Å². The van der Waals surface area contributed by atoms with E-state index < -0.39 is 5.79 Å². The predicted octanol–water partition coefficient (Wildman–Crippen LogP) is 5.59. The molecular formula is C30H40N6O3S. The van der Waals surface area contributed by atoms with Gasteiger partial charge in [-0.25, -0.2) is 14.6 Å². The zero-order chi connectivity index (χ0) is 27.1. The van der Waals surface area contributed by atoms with E-state index in [0.29, 0.717) is 19.0 Å². The molecule has 5 aliphatic rings. The maximum Gasteiger partial charge on any atom is 0.185 e. The van der Waals surface area contributed by atoms with E-state index in [9.17, 15) is 0 Å². The van der Waals surface area contributed by atoms with Crippen molar-refractivity contribution in [2.24, 2.45) is 0 Å². The van der Waals surface area contributed by atoms with Crippen molar-refractivity contribution >= 4 is 22.8 Å². The van der Waals surface area contributed by atoms with E-state index in [1.54, 1.807) is 11.8 Å². The number of fused-ring (bicyclic) bond motifs is 5. The normalized spacial score (nSPS) is 28.1. The third-order valence-corrected chi connectivity index (χ3v) is 11.7. The lowest BCUT2D eigenvalue weighted by atomic mass is 9.61. The van der Waals surface area contributed by atoms with Gasteiger partial charge in [-0.05, 0) is 91.0 Å². The fraction of sp³-hybridized carbons (Fsp3) is 0.733. The Hall–Kier alpha value is -2.01. The van der Waals surface area contributed by atoms with Crippen molar-refractivity contribution in [1.82, 2.24) is 29.8 Å². The largest absolute Gasteiger partial charge is 0.360 e. The van der Waals surface area contributed by atoms with Gasteiger partial charge in [0.15, 0.2) is 28.7 Å². The quantitative estimate of drug-likeness (QED) is 0.297. The lowest BCUT2D eigenvalue weighted by Crippen LogP contribution is -2.56. The predicted molar refractivity (Wildman–Crippen MR) is 153 cm³/mol. The first-order valence-corrected chi connectivity index (χ1v) is 16.6. The smallest absolute Gasteiger partial charge is 0.185 e. The van der Waals surface area contributed by atoms with Gasteiger partial charge in [0.05, 0.1) is 35.8 Å². The molecule has 2 aliphatic carbocycles. The topological polar surface area (TPSA) is 91.3 Å². The van der Waals surface area contributed by atoms with Gasteiger partial charge in [-0.3, -0.25) is 4.90 Å². The Morgan fingerprint density at radius 3 is 2.45 bits per heavy atom. The summed E-state index contributed by atoms with van der Waals surface area (Å²) in [6.45, 7) is 8.13. The van der Waals surface area contributed by atoms with Crippen molar-refractivity contribution in [3.05, 3.63) is 17.0 Å². The van der Waals surface area contributed by atoms with Gasteiger partial charge in [0.2, 0.25) is 0 Å². The van der Waals surface area contributed by atoms with Crippen molar-refractivity contribution in [3.8, 4) is 11.5 Å². The summed E-state index contributed by atoms with van der Waals surface area (Å²) in [5.74, 6) is 1.01. The van der Waals surface area contributed by atoms with Gasteiger partial charge in [-0.15, -0.1) is 11.8 Å². The highest BCUT2D eigenvalue weighted by molar-refractivity contribution is 7.98. The number of aryl methyl sites for hydroxylation is 1. The fourth-order valence-electron chi connectivity index (χ4n) is 9.22. The zero-order valence-corrected chi connectivity index (χ0v) is 24.8. The Morgan fingerprint density at radius 1 is 0.925 bits per heavy atom. The van der Waals surface area contributed by atoms with Crippen LogP contribution in [0.4, 0.5) is 0 Å². The molecule has 6 heterocycles. The molecule has 40 heavy (non-hydrogen) atoms. The molecule has 4 fully saturated rings. The van der Waals surface area contributed by atoms with Crippen molar-refractivity contribution in [1.29, 1.82) is 0 Å². The van der Waals surface area contributed by atoms with E-state index in [4.69, 9.17) is 34.2 Å². The third-order valence-electron chi connectivity index (χ3n) is 11.0. The summed E-state index contributed by atoms with van der Waals surface area (Å²) in [6, 6.07) is 0.236. The van der Waals surface area contributed by atoms with Crippen LogP contribution >= 0.6 is 11.8 Å². The molecule has 0 aromatic carbocycles. The van der Waals surface area contributed by atoms with Crippen LogP contribution < -0.4 is 0 Å². The molecule has 0 radical (unpaired) electrons. The van der Waals surface area contributed by atoms with Gasteiger partial charge < -0.3 is 14.0 Å². The number of ether oxygens (including phenoxy) is 2. The average molecular weight is 565 g/mol. The van der Waals surface area contributed by atoms with E-state index in [2.05, 4.69) is 29.7 Å². The second-order valence-electron chi connectivity index (χ2n) is 12.7. The summed E-state index contributed by atoms with van der Waals surface area (Å²) in [4.78, 5) is 13.1. The molecule has 0 amide bonds. The Labute approximate surface area is 239 Å². The molecule has 0 bridgehead atoms. The van der Waals surface area contributed by atoms with Crippen LogP contribution in [0.15, 0.2) is 9.55 Å². The summed E-state index contributed by atoms with van der Waals surface area (Å²) < 4.78 is 21.3. The van der Waals surface area contributed by atoms with Crippen molar-refractivity contribution in [3.63, 3.8) is 0 Å². The SMILES string of the molecule is CSc1nc(-c2noc3c2CCC[C@@]32CCCCC23OCCO3)nc2c1c(C)nn2C(C)C12CCCN1CCC2. The molecule has 1 saturated carbocycles. The second-order valence-corrected chi connectivity index (χ2v) is 13.5. The first kappa shape index (κ1) is 25.7. The van der Waals surface area contributed by atoms with Crippen LogP contribution in [0.5, 0.6) is 0 Å². The number of thioether (sulfide) groups is 1. The number of rotatable bonds is 4. The van der Waals surface area contributed by atoms with E-state index >= 15 is 0 Å². The van der Waals surface area contributed by atoms with Gasteiger partial charge in [0, 0.05) is 17.5 Å². The molecule has 10 heteroatoms. The van der Waals surface area contributed by atoms with Crippen LogP contribution in [0.25, 0.3) is 22.6 Å². The van der Waals surface area contributed by atoms with E-state index in [-0.39, 0.29) is 17.0 Å². The monoisotopic (exact) mass is 564 g/mol. The van der Waals surface area contributed by atoms with Crippen LogP contribution in [0.1, 0.15) is 94.2 Å². The van der Waals surface area contributed by atoms with Gasteiger partial charge >= 0.3 is 0 Å². The number of nitrogens with zero attached hydrogens (tertiary/aromatic N) is 6. The summed E-state index contributed by atoms with van der Waals surface area (Å²) in [5.41, 5.74) is 3.73. The highest BCUT2D eigenvalue weighted by Gasteiger charge is 2.61. The minimum absolute atomic E-state index is 0.173. The molecule has 0 N–H and O–H groups in total. The van der Waals surface area contributed by atoms with Crippen LogP contribution in [0.2, 0.25) is 0 Å². The minimum Gasteiger partial charge on any atom is -0.360 e. The standard InChI is InChI=1S/C30H40N6O3S/c1-19-22-26(36(33-19)20(2)29-12-7-15-35(29)16-8-13-29)31-25(32-27(22)40-3)23-21-9-6-11-28(24(21)39-34-23)10-4-5-14-30(28)37-17-18-38-30/h20H,4-18H2,1-3H3/t20?,28-/m0/s1. The fourth-order valence-corrected chi connectivity index (χ4v) is 9.84. The van der Waals surface area contributed by atoms with Gasteiger partial charge in [-0.2, -0.15) is 5.10 Å². The Morgan fingerprint density at radius 2 is 1.68 bits per heavy atom. The molecule has 3 aromatic rings. The Bertz CT molecular complexity index is 1450. The molecule has 3 aliphatic heterocycles. The molecule has 9 nitrogen and oxygen atoms in total. The van der Waals surface area contributed by atoms with Crippen LogP contribution in [-0.4, -0.2) is 73.7 Å². The summed E-state index contributed by atoms with van der Waals surface area (Å²) in [7, 11) is 0. The highest BCUT2D eigenvalue weighted by Crippen LogP contribution is 2.57. The van der Waals surface area contributed by atoms with Crippen molar-refractivity contribution < 1.29 is 14.0 Å². The maximum absolute atomic E-state index is 6.41. The number of hydrogen-bond donors (Lipinski definition) is 0. The molecule has 2 atom stereocenters. The number of aromatic nitrogens is 5. The van der Waals surface area contributed by atoms with Gasteiger partial charge in [0.1, 0.15) is 5.03 Å². The summed E-state index contributed by atoms with van der Waals surface area (Å²) in [6.07, 6.45) is 14.2. The number of hydrogen-bond acceptors (Lipinski definition) is 9. The van der Waals surface area contributed by atoms with Crippen LogP contribution in [-0.2, 0) is 21.3 Å². The molecule has 3 saturated heterocycles. The lowest BCUT2D eigenvalue weighted by Gasteiger charge is -2.50. The third kappa shape index (κ3) is 3.33. The van der Waals surface area contributed by atoms with Gasteiger partial charge in [0.25, 0.3) is 0 Å². The second kappa shape index (κ2) is 9.24. The van der Waals surface area contributed by atoms with Crippen LogP contribution in [0, 0.1) is 6.92 Å². The highest BCUT2D eigenvalue weighted by atomic mass is 32.2. The van der Waals surface area contributed by atoms with E-state index in [0.717, 1.165) is 83.7 Å². The molecule has 8 rings (SSSR count). The Balaban J connectivity index is 1.27. The maximum atomic E-state index is 6.41. The van der Waals surface area contributed by atoms with Crippen LogP contribution in [0.3, 0.4) is 0 Å². The molecule has 3 aromatic heterocycles. The van der Waals surface area contributed by atoms with Gasteiger partial charge in [-0.1, -0.05) is 11.6 Å². The molecular weight excluding hydrogens is 524 g/mol.